The van der Waals surface area contributed by atoms with Crippen molar-refractivity contribution in [2.75, 3.05) is 30.3 Å². The summed E-state index contributed by atoms with van der Waals surface area (Å²) >= 11 is 0. The number of para-hydroxylation sites is 1. The van der Waals surface area contributed by atoms with Gasteiger partial charge in [-0.2, -0.15) is 10.2 Å². The molecule has 214 valence electrons. The van der Waals surface area contributed by atoms with Gasteiger partial charge in [0.25, 0.3) is 0 Å². The third-order valence-corrected chi connectivity index (χ3v) is 9.51. The minimum Gasteiger partial charge on any atom is -0.508 e. The van der Waals surface area contributed by atoms with Crippen LogP contribution in [0, 0.1) is 40.4 Å². The standard InChI is InChI=1S/C31H43N7O2/c32-15-26-19-36-30(35-18-25-5-1-2-6-27(25)39)38-29(26)37-20-31-11-3-4-22(13-31)12-23(14-31)17-34-16-21-7-9-24(10-8-21)28(33)40/h1-2,5-6,19,21-24,34,39H,3-4,7-14,16-18,20H2,(H2,33,40)(H2,35,36,37,38)/t21?,22?,23-,24?,31-/m1/s1. The summed E-state index contributed by atoms with van der Waals surface area (Å²) in [5, 5.41) is 30.3. The van der Waals surface area contributed by atoms with Crippen molar-refractivity contribution in [2.45, 2.75) is 70.8 Å². The Kier molecular flexibility index (Phi) is 9.05. The van der Waals surface area contributed by atoms with Crippen molar-refractivity contribution in [2.24, 2.45) is 34.8 Å². The van der Waals surface area contributed by atoms with Gasteiger partial charge in [0, 0.05) is 24.6 Å². The molecule has 3 fully saturated rings. The van der Waals surface area contributed by atoms with Crippen molar-refractivity contribution < 1.29 is 9.90 Å². The number of nitrogens with one attached hydrogen (secondary N) is 3. The van der Waals surface area contributed by atoms with Gasteiger partial charge in [-0.15, -0.1) is 0 Å². The summed E-state index contributed by atoms with van der Waals surface area (Å²) in [5.74, 6) is 3.22. The van der Waals surface area contributed by atoms with Gasteiger partial charge in [-0.3, -0.25) is 4.79 Å². The average Bonchev–Trinajstić information content (AvgIpc) is 2.96. The monoisotopic (exact) mass is 545 g/mol. The van der Waals surface area contributed by atoms with Crippen molar-refractivity contribution in [1.82, 2.24) is 15.3 Å². The first kappa shape index (κ1) is 28.2. The number of amides is 1. The number of carbonyl (C=O) groups is 1. The molecule has 1 heterocycles. The van der Waals surface area contributed by atoms with Gasteiger partial charge in [0.1, 0.15) is 23.2 Å². The van der Waals surface area contributed by atoms with Crippen LogP contribution in [0.25, 0.3) is 0 Å². The number of fused-ring (bicyclic) bond motifs is 2. The molecule has 1 amide bonds. The van der Waals surface area contributed by atoms with E-state index in [-0.39, 0.29) is 23.0 Å². The summed E-state index contributed by atoms with van der Waals surface area (Å²) in [6, 6.07) is 9.41. The quantitative estimate of drug-likeness (QED) is 0.276. The predicted octanol–water partition coefficient (Wildman–Crippen LogP) is 4.55. The second-order valence-electron chi connectivity index (χ2n) is 12.5. The Balaban J connectivity index is 1.16. The molecule has 6 N–H and O–H groups in total. The van der Waals surface area contributed by atoms with E-state index in [1.807, 2.05) is 12.1 Å². The lowest BCUT2D eigenvalue weighted by atomic mass is 9.59. The molecule has 1 aromatic carbocycles. The first-order chi connectivity index (χ1) is 19.4. The Bertz CT molecular complexity index is 1210. The first-order valence-corrected chi connectivity index (χ1v) is 14.9. The van der Waals surface area contributed by atoms with Crippen LogP contribution in [0.15, 0.2) is 30.5 Å². The van der Waals surface area contributed by atoms with Crippen molar-refractivity contribution in [3.8, 4) is 11.8 Å². The summed E-state index contributed by atoms with van der Waals surface area (Å²) in [6.07, 6.45) is 13.1. The van der Waals surface area contributed by atoms with Gasteiger partial charge in [0.05, 0.1) is 6.20 Å². The van der Waals surface area contributed by atoms with E-state index in [0.717, 1.165) is 56.8 Å². The lowest BCUT2D eigenvalue weighted by Gasteiger charge is -2.49. The highest BCUT2D eigenvalue weighted by molar-refractivity contribution is 5.76. The number of aromatic nitrogens is 2. The number of phenolic OH excluding ortho intramolecular Hbond substituents is 1. The van der Waals surface area contributed by atoms with Gasteiger partial charge in [0.2, 0.25) is 11.9 Å². The number of carbonyl (C=O) groups excluding carboxylic acids is 1. The van der Waals surface area contributed by atoms with Crippen LogP contribution in [-0.4, -0.2) is 40.6 Å². The minimum atomic E-state index is -0.136. The van der Waals surface area contributed by atoms with Crippen molar-refractivity contribution in [3.05, 3.63) is 41.6 Å². The molecule has 9 heteroatoms. The number of benzene rings is 1. The number of anilines is 2. The van der Waals surface area contributed by atoms with E-state index in [1.165, 1.54) is 38.5 Å². The fourth-order valence-electron chi connectivity index (χ4n) is 7.46. The molecule has 3 atom stereocenters. The summed E-state index contributed by atoms with van der Waals surface area (Å²) in [6.45, 7) is 3.28. The highest BCUT2D eigenvalue weighted by atomic mass is 16.3. The number of hydrogen-bond acceptors (Lipinski definition) is 8. The molecule has 3 saturated carbocycles. The third kappa shape index (κ3) is 7.03. The molecule has 5 rings (SSSR count). The fraction of sp³-hybridized carbons (Fsp3) is 0.613. The van der Waals surface area contributed by atoms with E-state index in [1.54, 1.807) is 18.3 Å². The van der Waals surface area contributed by atoms with Crippen molar-refractivity contribution >= 4 is 17.7 Å². The largest absolute Gasteiger partial charge is 0.508 e. The van der Waals surface area contributed by atoms with Crippen LogP contribution in [0.1, 0.15) is 75.3 Å². The number of nitrogens with two attached hydrogens (primary N) is 1. The second-order valence-corrected chi connectivity index (χ2v) is 12.5. The molecule has 2 aromatic rings. The van der Waals surface area contributed by atoms with Gasteiger partial charge in [-0.25, -0.2) is 4.98 Å². The zero-order valence-corrected chi connectivity index (χ0v) is 23.4. The highest BCUT2D eigenvalue weighted by Crippen LogP contribution is 2.51. The van der Waals surface area contributed by atoms with Gasteiger partial charge in [-0.05, 0) is 93.7 Å². The average molecular weight is 546 g/mol. The predicted molar refractivity (Wildman–Crippen MR) is 155 cm³/mol. The normalized spacial score (nSPS) is 27.9. The molecule has 0 spiro atoms. The lowest BCUT2D eigenvalue weighted by Crippen LogP contribution is -2.44. The number of nitrogens with zero attached hydrogens (tertiary/aromatic N) is 3. The Hall–Kier alpha value is -3.38. The number of rotatable bonds is 11. The summed E-state index contributed by atoms with van der Waals surface area (Å²) < 4.78 is 0. The molecule has 1 unspecified atom stereocenters. The van der Waals surface area contributed by atoms with Gasteiger partial charge in [-0.1, -0.05) is 31.0 Å². The van der Waals surface area contributed by atoms with Crippen LogP contribution >= 0.6 is 0 Å². The van der Waals surface area contributed by atoms with Crippen LogP contribution in [0.5, 0.6) is 5.75 Å². The molecule has 0 saturated heterocycles. The van der Waals surface area contributed by atoms with E-state index >= 15 is 0 Å². The molecule has 9 nitrogen and oxygen atoms in total. The second kappa shape index (κ2) is 12.9. The number of aromatic hydroxyl groups is 1. The molecule has 3 aliphatic carbocycles. The number of hydrogen-bond donors (Lipinski definition) is 5. The smallest absolute Gasteiger partial charge is 0.224 e. The molecular formula is C31H43N7O2. The van der Waals surface area contributed by atoms with Crippen molar-refractivity contribution in [1.29, 1.82) is 5.26 Å². The Morgan fingerprint density at radius 1 is 1.10 bits per heavy atom. The minimum absolute atomic E-state index is 0.0712. The molecule has 40 heavy (non-hydrogen) atoms. The maximum Gasteiger partial charge on any atom is 0.224 e. The first-order valence-electron chi connectivity index (χ1n) is 14.9. The molecule has 3 aliphatic rings. The van der Waals surface area contributed by atoms with Gasteiger partial charge in [0.15, 0.2) is 0 Å². The third-order valence-electron chi connectivity index (χ3n) is 9.51. The van der Waals surface area contributed by atoms with Gasteiger partial charge < -0.3 is 26.8 Å². The van der Waals surface area contributed by atoms with Crippen LogP contribution in [0.4, 0.5) is 11.8 Å². The van der Waals surface area contributed by atoms with Gasteiger partial charge >= 0.3 is 0 Å². The van der Waals surface area contributed by atoms with Crippen LogP contribution in [0.3, 0.4) is 0 Å². The van der Waals surface area contributed by atoms with E-state index in [2.05, 4.69) is 32.0 Å². The number of phenols is 1. The Morgan fingerprint density at radius 2 is 1.90 bits per heavy atom. The summed E-state index contributed by atoms with van der Waals surface area (Å²) in [5.41, 5.74) is 6.92. The van der Waals surface area contributed by atoms with Crippen LogP contribution in [0.2, 0.25) is 0 Å². The summed E-state index contributed by atoms with van der Waals surface area (Å²) in [4.78, 5) is 20.4. The van der Waals surface area contributed by atoms with E-state index in [0.29, 0.717) is 35.7 Å². The highest BCUT2D eigenvalue weighted by Gasteiger charge is 2.43. The maximum absolute atomic E-state index is 11.5. The fourth-order valence-corrected chi connectivity index (χ4v) is 7.46. The Morgan fingerprint density at radius 3 is 2.67 bits per heavy atom. The lowest BCUT2D eigenvalue weighted by molar-refractivity contribution is -0.122. The molecular weight excluding hydrogens is 502 g/mol. The zero-order chi connectivity index (χ0) is 28.0. The molecule has 0 aliphatic heterocycles. The van der Waals surface area contributed by atoms with E-state index < -0.39 is 0 Å². The number of nitriles is 1. The summed E-state index contributed by atoms with van der Waals surface area (Å²) in [7, 11) is 0. The van der Waals surface area contributed by atoms with Crippen molar-refractivity contribution in [3.63, 3.8) is 0 Å². The number of primary amides is 1. The molecule has 2 bridgehead atoms. The van der Waals surface area contributed by atoms with Crippen LogP contribution < -0.4 is 21.7 Å². The zero-order valence-electron chi connectivity index (χ0n) is 23.4. The molecule has 0 radical (unpaired) electrons. The topological polar surface area (TPSA) is 149 Å². The maximum atomic E-state index is 11.5. The van der Waals surface area contributed by atoms with Crippen LogP contribution in [-0.2, 0) is 11.3 Å². The van der Waals surface area contributed by atoms with E-state index in [4.69, 9.17) is 5.73 Å². The molecule has 1 aromatic heterocycles. The van der Waals surface area contributed by atoms with E-state index in [9.17, 15) is 15.2 Å². The Labute approximate surface area is 237 Å². The SMILES string of the molecule is N#Cc1cnc(NCc2ccccc2O)nc1NC[C@@]12CCCC(C[C@@H](CNCC3CCC(C(N)=O)CC3)C1)C2.